The molecule has 1 saturated heterocycles. The lowest BCUT2D eigenvalue weighted by atomic mass is 9.85. The van der Waals surface area contributed by atoms with Crippen molar-refractivity contribution in [1.29, 1.82) is 0 Å². The summed E-state index contributed by atoms with van der Waals surface area (Å²) in [4.78, 5) is 24.4. The second-order valence-electron chi connectivity index (χ2n) is 6.40. The molecule has 0 aliphatic carbocycles. The molecule has 0 saturated carbocycles. The van der Waals surface area contributed by atoms with E-state index in [2.05, 4.69) is 0 Å². The molecule has 0 spiro atoms. The van der Waals surface area contributed by atoms with Crippen LogP contribution >= 0.6 is 0 Å². The minimum absolute atomic E-state index is 0.0859. The molecule has 1 heterocycles. The number of amides is 1. The second-order valence-corrected chi connectivity index (χ2v) is 6.40. The first-order chi connectivity index (χ1) is 8.69. The van der Waals surface area contributed by atoms with E-state index in [9.17, 15) is 9.59 Å². The highest BCUT2D eigenvalue weighted by atomic mass is 16.6. The molecular weight excluding hydrogens is 246 g/mol. The van der Waals surface area contributed by atoms with Crippen LogP contribution in [0.5, 0.6) is 0 Å². The molecule has 0 aromatic rings. The minimum atomic E-state index is -0.776. The number of hydrogen-bond acceptors (Lipinski definition) is 3. The molecule has 1 rings (SSSR count). The fourth-order valence-corrected chi connectivity index (χ4v) is 2.41. The lowest BCUT2D eigenvalue weighted by molar-refractivity contribution is -0.138. The predicted molar refractivity (Wildman–Crippen MR) is 71.9 cm³/mol. The van der Waals surface area contributed by atoms with Gasteiger partial charge in [-0.1, -0.05) is 6.92 Å². The first-order valence-electron chi connectivity index (χ1n) is 6.89. The van der Waals surface area contributed by atoms with E-state index in [0.29, 0.717) is 13.1 Å². The molecule has 0 aromatic heterocycles. The summed E-state index contributed by atoms with van der Waals surface area (Å²) in [5.74, 6) is -0.443. The van der Waals surface area contributed by atoms with Crippen molar-refractivity contribution in [3.63, 3.8) is 0 Å². The molecule has 5 heteroatoms. The summed E-state index contributed by atoms with van der Waals surface area (Å²) in [5, 5.41) is 8.84. The normalized spacial score (nSPS) is 21.9. The number of hydrogen-bond donors (Lipinski definition) is 1. The topological polar surface area (TPSA) is 66.8 Å². The molecule has 1 N–H and O–H groups in total. The van der Waals surface area contributed by atoms with E-state index < -0.39 is 11.6 Å². The average Bonchev–Trinajstić information content (AvgIpc) is 2.26. The molecular formula is C14H25NO4. The maximum Gasteiger partial charge on any atom is 0.410 e. The molecule has 1 aliphatic heterocycles. The summed E-state index contributed by atoms with van der Waals surface area (Å²) in [7, 11) is 0. The zero-order valence-corrected chi connectivity index (χ0v) is 12.3. The lowest BCUT2D eigenvalue weighted by Crippen LogP contribution is -2.44. The Bertz CT molecular complexity index is 335. The second kappa shape index (κ2) is 6.26. The van der Waals surface area contributed by atoms with Crippen LogP contribution in [0.3, 0.4) is 0 Å². The molecule has 1 aliphatic rings. The van der Waals surface area contributed by atoms with Crippen molar-refractivity contribution in [3.05, 3.63) is 0 Å². The van der Waals surface area contributed by atoms with Crippen LogP contribution < -0.4 is 0 Å². The Morgan fingerprint density at radius 2 is 2.05 bits per heavy atom. The Hall–Kier alpha value is -1.26. The van der Waals surface area contributed by atoms with E-state index in [-0.39, 0.29) is 24.3 Å². The first-order valence-corrected chi connectivity index (χ1v) is 6.89. The molecule has 1 fully saturated rings. The van der Waals surface area contributed by atoms with E-state index in [1.54, 1.807) is 4.90 Å². The van der Waals surface area contributed by atoms with Crippen LogP contribution in [0.15, 0.2) is 0 Å². The van der Waals surface area contributed by atoms with Gasteiger partial charge in [0.15, 0.2) is 0 Å². The third-order valence-corrected chi connectivity index (χ3v) is 3.41. The molecule has 2 atom stereocenters. The number of carbonyl (C=O) groups excluding carboxylic acids is 1. The monoisotopic (exact) mass is 271 g/mol. The van der Waals surface area contributed by atoms with Crippen molar-refractivity contribution >= 4 is 12.1 Å². The summed E-state index contributed by atoms with van der Waals surface area (Å²) in [5.41, 5.74) is -0.489. The SMILES string of the molecule is C[C@@H](CC(=O)O)[C@@H]1CCCN(C(=O)OC(C)(C)C)C1. The van der Waals surface area contributed by atoms with Gasteiger partial charge < -0.3 is 14.7 Å². The van der Waals surface area contributed by atoms with Gasteiger partial charge in [-0.25, -0.2) is 4.79 Å². The van der Waals surface area contributed by atoms with Crippen LogP contribution in [0, 0.1) is 11.8 Å². The van der Waals surface area contributed by atoms with Gasteiger partial charge in [-0.05, 0) is 45.4 Å². The van der Waals surface area contributed by atoms with Crippen molar-refractivity contribution in [2.24, 2.45) is 11.8 Å². The summed E-state index contributed by atoms with van der Waals surface area (Å²) in [6.07, 6.45) is 1.76. The van der Waals surface area contributed by atoms with Crippen molar-refractivity contribution in [2.45, 2.75) is 52.6 Å². The number of aliphatic carboxylic acids is 1. The zero-order valence-electron chi connectivity index (χ0n) is 12.3. The van der Waals surface area contributed by atoms with Crippen LogP contribution in [0.4, 0.5) is 4.79 Å². The van der Waals surface area contributed by atoms with Crippen LogP contribution in [-0.4, -0.2) is 40.8 Å². The van der Waals surface area contributed by atoms with Crippen molar-refractivity contribution < 1.29 is 19.4 Å². The van der Waals surface area contributed by atoms with Crippen molar-refractivity contribution in [1.82, 2.24) is 4.90 Å². The molecule has 0 unspecified atom stereocenters. The Labute approximate surface area is 114 Å². The van der Waals surface area contributed by atoms with Gasteiger partial charge in [-0.15, -0.1) is 0 Å². The molecule has 1 amide bonds. The summed E-state index contributed by atoms with van der Waals surface area (Å²) in [6.45, 7) is 8.78. The van der Waals surface area contributed by atoms with Crippen LogP contribution in [0.25, 0.3) is 0 Å². The van der Waals surface area contributed by atoms with Crippen molar-refractivity contribution in [3.8, 4) is 0 Å². The molecule has 5 nitrogen and oxygen atoms in total. The molecule has 0 bridgehead atoms. The van der Waals surface area contributed by atoms with E-state index >= 15 is 0 Å². The van der Waals surface area contributed by atoms with Crippen LogP contribution in [-0.2, 0) is 9.53 Å². The van der Waals surface area contributed by atoms with Gasteiger partial charge in [-0.3, -0.25) is 4.79 Å². The van der Waals surface area contributed by atoms with E-state index in [1.807, 2.05) is 27.7 Å². The average molecular weight is 271 g/mol. The fourth-order valence-electron chi connectivity index (χ4n) is 2.41. The Morgan fingerprint density at radius 3 is 2.58 bits per heavy atom. The lowest BCUT2D eigenvalue weighted by Gasteiger charge is -2.36. The molecule has 110 valence electrons. The number of carbonyl (C=O) groups is 2. The third kappa shape index (κ3) is 5.49. The van der Waals surface area contributed by atoms with E-state index in [1.165, 1.54) is 0 Å². The number of nitrogens with zero attached hydrogens (tertiary/aromatic N) is 1. The highest BCUT2D eigenvalue weighted by Gasteiger charge is 2.30. The number of piperidine rings is 1. The number of rotatable bonds is 3. The third-order valence-electron chi connectivity index (χ3n) is 3.41. The Kier molecular flexibility index (Phi) is 5.20. The maximum absolute atomic E-state index is 12.0. The summed E-state index contributed by atoms with van der Waals surface area (Å²) in [6, 6.07) is 0. The number of carboxylic acids is 1. The quantitative estimate of drug-likeness (QED) is 0.857. The van der Waals surface area contributed by atoms with Crippen LogP contribution in [0.1, 0.15) is 47.0 Å². The highest BCUT2D eigenvalue weighted by molar-refractivity contribution is 5.68. The summed E-state index contributed by atoms with van der Waals surface area (Å²) >= 11 is 0. The zero-order chi connectivity index (χ0) is 14.6. The largest absolute Gasteiger partial charge is 0.481 e. The Balaban J connectivity index is 2.54. The van der Waals surface area contributed by atoms with Gasteiger partial charge in [0.1, 0.15) is 5.60 Å². The maximum atomic E-state index is 12.0. The first kappa shape index (κ1) is 15.8. The van der Waals surface area contributed by atoms with Gasteiger partial charge in [0.05, 0.1) is 0 Å². The van der Waals surface area contributed by atoms with Gasteiger partial charge in [-0.2, -0.15) is 0 Å². The highest BCUT2D eigenvalue weighted by Crippen LogP contribution is 2.27. The number of carboxylic acid groups (broad SMARTS) is 1. The fraction of sp³-hybridized carbons (Fsp3) is 0.857. The van der Waals surface area contributed by atoms with Crippen molar-refractivity contribution in [2.75, 3.05) is 13.1 Å². The minimum Gasteiger partial charge on any atom is -0.481 e. The van der Waals surface area contributed by atoms with E-state index in [0.717, 1.165) is 12.8 Å². The molecule has 0 aromatic carbocycles. The summed E-state index contributed by atoms with van der Waals surface area (Å²) < 4.78 is 5.36. The van der Waals surface area contributed by atoms with Gasteiger partial charge in [0, 0.05) is 19.5 Å². The molecule has 19 heavy (non-hydrogen) atoms. The smallest absolute Gasteiger partial charge is 0.410 e. The number of ether oxygens (including phenoxy) is 1. The molecule has 0 radical (unpaired) electrons. The predicted octanol–water partition coefficient (Wildman–Crippen LogP) is 2.74. The standard InChI is InChI=1S/C14H25NO4/c1-10(8-12(16)17)11-6-5-7-15(9-11)13(18)19-14(2,3)4/h10-11H,5-9H2,1-4H3,(H,16,17)/t10-,11+/m0/s1. The van der Waals surface area contributed by atoms with Gasteiger partial charge in [0.25, 0.3) is 0 Å². The van der Waals surface area contributed by atoms with Crippen LogP contribution in [0.2, 0.25) is 0 Å². The van der Waals surface area contributed by atoms with Gasteiger partial charge in [0.2, 0.25) is 0 Å². The van der Waals surface area contributed by atoms with E-state index in [4.69, 9.17) is 9.84 Å². The Morgan fingerprint density at radius 1 is 1.42 bits per heavy atom. The van der Waals surface area contributed by atoms with Gasteiger partial charge >= 0.3 is 12.1 Å². The number of likely N-dealkylation sites (tertiary alicyclic amines) is 1.